The first-order valence-electron chi connectivity index (χ1n) is 9.40. The fourth-order valence-corrected chi connectivity index (χ4v) is 4.17. The summed E-state index contributed by atoms with van der Waals surface area (Å²) in [4.78, 5) is 17.5. The van der Waals surface area contributed by atoms with Crippen LogP contribution in [0.3, 0.4) is 0 Å². The summed E-state index contributed by atoms with van der Waals surface area (Å²) >= 11 is 0. The maximum Gasteiger partial charge on any atom is 0.230 e. The van der Waals surface area contributed by atoms with Gasteiger partial charge in [0.2, 0.25) is 17.7 Å². The molecule has 0 bridgehead atoms. The smallest absolute Gasteiger partial charge is 0.230 e. The highest BCUT2D eigenvalue weighted by molar-refractivity contribution is 5.84. The van der Waals surface area contributed by atoms with Gasteiger partial charge < -0.3 is 9.32 Å². The second-order valence-corrected chi connectivity index (χ2v) is 8.23. The minimum Gasteiger partial charge on any atom is -0.424 e. The predicted octanol–water partition coefficient (Wildman–Crippen LogP) is 2.42. The highest BCUT2D eigenvalue weighted by Crippen LogP contribution is 2.42. The summed E-state index contributed by atoms with van der Waals surface area (Å²) in [7, 11) is 0. The van der Waals surface area contributed by atoms with Gasteiger partial charge in [0.1, 0.15) is 0 Å². The molecule has 24 heavy (non-hydrogen) atoms. The van der Waals surface area contributed by atoms with Gasteiger partial charge in [0.05, 0.1) is 12.0 Å². The van der Waals surface area contributed by atoms with E-state index in [1.54, 1.807) is 0 Å². The molecule has 0 N–H and O–H groups in total. The van der Waals surface area contributed by atoms with Crippen LogP contribution in [0.4, 0.5) is 0 Å². The number of likely N-dealkylation sites (tertiary alicyclic amines) is 2. The summed E-state index contributed by atoms with van der Waals surface area (Å²) in [6, 6.07) is 0. The molecule has 1 aromatic rings. The average molecular weight is 332 g/mol. The van der Waals surface area contributed by atoms with E-state index < -0.39 is 0 Å². The summed E-state index contributed by atoms with van der Waals surface area (Å²) in [6.07, 6.45) is 5.75. The molecule has 132 valence electrons. The molecule has 1 atom stereocenters. The summed E-state index contributed by atoms with van der Waals surface area (Å²) in [5, 5.41) is 8.27. The molecule has 1 spiro atoms. The maximum absolute atomic E-state index is 13.1. The van der Waals surface area contributed by atoms with Crippen LogP contribution in [-0.4, -0.2) is 52.1 Å². The average Bonchev–Trinajstić information content (AvgIpc) is 3.08. The molecule has 1 saturated carbocycles. The minimum atomic E-state index is -0.159. The van der Waals surface area contributed by atoms with Crippen molar-refractivity contribution in [3.05, 3.63) is 11.8 Å². The third-order valence-corrected chi connectivity index (χ3v) is 5.77. The lowest BCUT2D eigenvalue weighted by Gasteiger charge is -2.39. The van der Waals surface area contributed by atoms with Crippen molar-refractivity contribution < 1.29 is 9.21 Å². The quantitative estimate of drug-likeness (QED) is 0.828. The van der Waals surface area contributed by atoms with Gasteiger partial charge >= 0.3 is 0 Å². The molecule has 2 saturated heterocycles. The van der Waals surface area contributed by atoms with Crippen LogP contribution in [0.5, 0.6) is 0 Å². The van der Waals surface area contributed by atoms with Gasteiger partial charge in [-0.2, -0.15) is 0 Å². The highest BCUT2D eigenvalue weighted by Gasteiger charge is 2.49. The van der Waals surface area contributed by atoms with Gasteiger partial charge in [-0.15, -0.1) is 10.2 Å². The van der Waals surface area contributed by atoms with E-state index in [9.17, 15) is 4.79 Å². The Balaban J connectivity index is 1.39. The van der Waals surface area contributed by atoms with Crippen molar-refractivity contribution in [3.8, 4) is 0 Å². The Morgan fingerprint density at radius 2 is 2.08 bits per heavy atom. The number of hydrogen-bond donors (Lipinski definition) is 0. The SMILES string of the molecule is CC(C)c1nnc(CN2CC[C@@]3(CCCN(CC4CC4)C3=O)C2)o1. The number of nitrogens with zero attached hydrogens (tertiary/aromatic N) is 4. The Bertz CT molecular complexity index is 610. The molecular weight excluding hydrogens is 304 g/mol. The number of hydrogen-bond acceptors (Lipinski definition) is 5. The van der Waals surface area contributed by atoms with E-state index in [0.717, 1.165) is 51.4 Å². The zero-order chi connectivity index (χ0) is 16.7. The summed E-state index contributed by atoms with van der Waals surface area (Å²) in [6.45, 7) is 8.50. The van der Waals surface area contributed by atoms with Crippen LogP contribution in [0.15, 0.2) is 4.42 Å². The minimum absolute atomic E-state index is 0.159. The molecule has 3 heterocycles. The van der Waals surface area contributed by atoms with E-state index in [2.05, 4.69) is 33.8 Å². The van der Waals surface area contributed by atoms with Crippen LogP contribution in [-0.2, 0) is 11.3 Å². The van der Waals surface area contributed by atoms with Crippen molar-refractivity contribution in [2.45, 2.75) is 58.4 Å². The van der Waals surface area contributed by atoms with E-state index in [1.165, 1.54) is 12.8 Å². The maximum atomic E-state index is 13.1. The van der Waals surface area contributed by atoms with Gasteiger partial charge in [0.25, 0.3) is 0 Å². The first-order valence-corrected chi connectivity index (χ1v) is 9.40. The molecule has 6 nitrogen and oxygen atoms in total. The molecular formula is C18H28N4O2. The van der Waals surface area contributed by atoms with E-state index in [-0.39, 0.29) is 11.3 Å². The topological polar surface area (TPSA) is 62.5 Å². The molecule has 4 rings (SSSR count). The number of amides is 1. The van der Waals surface area contributed by atoms with Crippen LogP contribution >= 0.6 is 0 Å². The van der Waals surface area contributed by atoms with E-state index >= 15 is 0 Å². The van der Waals surface area contributed by atoms with Crippen molar-refractivity contribution in [1.29, 1.82) is 0 Å². The molecule has 2 aliphatic heterocycles. The van der Waals surface area contributed by atoms with Crippen molar-refractivity contribution in [1.82, 2.24) is 20.0 Å². The van der Waals surface area contributed by atoms with Gasteiger partial charge in [-0.25, -0.2) is 0 Å². The molecule has 1 aromatic heterocycles. The number of carbonyl (C=O) groups excluding carboxylic acids is 1. The van der Waals surface area contributed by atoms with Crippen molar-refractivity contribution >= 4 is 5.91 Å². The molecule has 1 aliphatic carbocycles. The first kappa shape index (κ1) is 16.1. The second kappa shape index (κ2) is 6.14. The lowest BCUT2D eigenvalue weighted by Crippen LogP contribution is -2.50. The Labute approximate surface area is 143 Å². The van der Waals surface area contributed by atoms with Crippen LogP contribution < -0.4 is 0 Å². The second-order valence-electron chi connectivity index (χ2n) is 8.23. The number of rotatable bonds is 5. The summed E-state index contributed by atoms with van der Waals surface area (Å²) < 4.78 is 5.73. The molecule has 3 aliphatic rings. The van der Waals surface area contributed by atoms with E-state index in [4.69, 9.17) is 4.42 Å². The zero-order valence-corrected chi connectivity index (χ0v) is 14.8. The molecule has 0 aromatic carbocycles. The molecule has 3 fully saturated rings. The van der Waals surface area contributed by atoms with E-state index in [1.807, 2.05) is 0 Å². The van der Waals surface area contributed by atoms with Gasteiger partial charge in [-0.3, -0.25) is 9.69 Å². The summed E-state index contributed by atoms with van der Waals surface area (Å²) in [5.74, 6) is 2.80. The van der Waals surface area contributed by atoms with Crippen LogP contribution in [0.2, 0.25) is 0 Å². The van der Waals surface area contributed by atoms with E-state index in [0.29, 0.717) is 24.2 Å². The molecule has 0 radical (unpaired) electrons. The lowest BCUT2D eigenvalue weighted by atomic mass is 9.78. The third kappa shape index (κ3) is 3.08. The van der Waals surface area contributed by atoms with Crippen molar-refractivity contribution in [2.75, 3.05) is 26.2 Å². The van der Waals surface area contributed by atoms with Gasteiger partial charge in [0.15, 0.2) is 0 Å². The Morgan fingerprint density at radius 3 is 2.79 bits per heavy atom. The summed E-state index contributed by atoms with van der Waals surface area (Å²) in [5.41, 5.74) is -0.159. The Morgan fingerprint density at radius 1 is 1.25 bits per heavy atom. The zero-order valence-electron chi connectivity index (χ0n) is 14.8. The predicted molar refractivity (Wildman–Crippen MR) is 89.3 cm³/mol. The number of piperidine rings is 1. The van der Waals surface area contributed by atoms with Gasteiger partial charge in [-0.1, -0.05) is 13.8 Å². The largest absolute Gasteiger partial charge is 0.424 e. The Hall–Kier alpha value is -1.43. The molecule has 1 amide bonds. The number of carbonyl (C=O) groups is 1. The molecule has 6 heteroatoms. The van der Waals surface area contributed by atoms with Gasteiger partial charge in [0, 0.05) is 25.6 Å². The third-order valence-electron chi connectivity index (χ3n) is 5.77. The fourth-order valence-electron chi connectivity index (χ4n) is 4.17. The first-order chi connectivity index (χ1) is 11.6. The van der Waals surface area contributed by atoms with Crippen LogP contribution in [0, 0.1) is 11.3 Å². The van der Waals surface area contributed by atoms with Gasteiger partial charge in [-0.05, 0) is 44.6 Å². The standard InChI is InChI=1S/C18H28N4O2/c1-13(2)16-20-19-15(24-16)11-21-9-7-18(12-21)6-3-8-22(17(18)23)10-14-4-5-14/h13-14H,3-12H2,1-2H3/t18-/m0/s1. The van der Waals surface area contributed by atoms with Crippen molar-refractivity contribution in [3.63, 3.8) is 0 Å². The molecule has 0 unspecified atom stereocenters. The van der Waals surface area contributed by atoms with Crippen molar-refractivity contribution in [2.24, 2.45) is 11.3 Å². The fraction of sp³-hybridized carbons (Fsp3) is 0.833. The monoisotopic (exact) mass is 332 g/mol. The highest BCUT2D eigenvalue weighted by atomic mass is 16.4. The lowest BCUT2D eigenvalue weighted by molar-refractivity contribution is -0.146. The number of aromatic nitrogens is 2. The normalized spacial score (nSPS) is 28.5. The van der Waals surface area contributed by atoms with Crippen LogP contribution in [0.25, 0.3) is 0 Å². The van der Waals surface area contributed by atoms with Crippen LogP contribution in [0.1, 0.15) is 63.7 Å². The Kier molecular flexibility index (Phi) is 4.11.